The highest BCUT2D eigenvalue weighted by molar-refractivity contribution is 8.76. The van der Waals surface area contributed by atoms with Gasteiger partial charge in [0.15, 0.2) is 0 Å². The molecule has 0 atom stereocenters. The summed E-state index contributed by atoms with van der Waals surface area (Å²) >= 11 is 0. The Hall–Kier alpha value is 0.660. The molecule has 0 spiro atoms. The lowest BCUT2D eigenvalue weighted by molar-refractivity contribution is 0.762. The van der Waals surface area contributed by atoms with Crippen molar-refractivity contribution in [2.24, 2.45) is 0 Å². The number of hydrogen-bond donors (Lipinski definition) is 1. The van der Waals surface area contributed by atoms with E-state index >= 15 is 0 Å². The Morgan fingerprint density at radius 2 is 1.18 bits per heavy atom. The predicted molar refractivity (Wildman–Crippen MR) is 60.5 cm³/mol. The van der Waals surface area contributed by atoms with Gasteiger partial charge in [0, 0.05) is 11.5 Å². The van der Waals surface area contributed by atoms with Gasteiger partial charge in [-0.05, 0) is 13.1 Å². The van der Waals surface area contributed by atoms with Gasteiger partial charge in [-0.15, -0.1) is 0 Å². The zero-order valence-corrected chi connectivity index (χ0v) is 9.78. The van der Waals surface area contributed by atoms with Gasteiger partial charge in [-0.25, -0.2) is 0 Å². The van der Waals surface area contributed by atoms with Crippen molar-refractivity contribution in [3.8, 4) is 0 Å². The zero-order chi connectivity index (χ0) is 8.95. The minimum absolute atomic E-state index is 1.09. The maximum Gasteiger partial charge on any atom is 0.000844 e. The largest absolute Gasteiger partial charge is 0.317 e. The van der Waals surface area contributed by atoms with Crippen LogP contribution in [-0.2, 0) is 0 Å². The van der Waals surface area contributed by atoms with Crippen molar-refractivity contribution in [3.05, 3.63) is 0 Å². The maximum atomic E-state index is 3.11. The van der Waals surface area contributed by atoms with Gasteiger partial charge in [0.25, 0.3) is 0 Å². The zero-order valence-electron chi connectivity index (χ0n) is 8.14. The minimum Gasteiger partial charge on any atom is -0.317 e. The van der Waals surface area contributed by atoms with Crippen LogP contribution in [0.15, 0.2) is 0 Å². The summed E-state index contributed by atoms with van der Waals surface area (Å²) in [6, 6.07) is 0. The lowest BCUT2D eigenvalue weighted by Crippen LogP contribution is -2.09. The van der Waals surface area contributed by atoms with Gasteiger partial charge < -0.3 is 5.32 Å². The monoisotopic (exact) mass is 195 g/mol. The Morgan fingerprint density at radius 1 is 0.818 bits per heavy atom. The van der Waals surface area contributed by atoms with E-state index in [4.69, 9.17) is 0 Å². The van der Waals surface area contributed by atoms with Crippen LogP contribution in [0, 0.1) is 0 Å². The predicted octanol–water partition coefficient (Wildman–Crippen LogP) is 3.02. The first-order valence-electron chi connectivity index (χ1n) is 4.28. The smallest absolute Gasteiger partial charge is 0.000844 e. The highest BCUT2D eigenvalue weighted by Crippen LogP contribution is 2.18. The molecular formula is C8H21NS2. The standard InChI is InChI=1S/C4H11N.C4H10S2/c1-3-5-4-2;1-3-5-6-4-2/h5H,3-4H2,1-2H3;3-4H2,1-2H3. The van der Waals surface area contributed by atoms with Crippen molar-refractivity contribution in [3.63, 3.8) is 0 Å². The molecule has 1 nitrogen and oxygen atoms in total. The second-order valence-electron chi connectivity index (χ2n) is 1.77. The van der Waals surface area contributed by atoms with E-state index in [1.54, 1.807) is 0 Å². The van der Waals surface area contributed by atoms with Crippen LogP contribution in [0.5, 0.6) is 0 Å². The molecule has 0 aliphatic carbocycles. The Kier molecular flexibility index (Phi) is 21.9. The van der Waals surface area contributed by atoms with Gasteiger partial charge in [-0.1, -0.05) is 49.3 Å². The molecule has 0 aromatic rings. The van der Waals surface area contributed by atoms with E-state index in [2.05, 4.69) is 33.0 Å². The first-order valence-corrected chi connectivity index (χ1v) is 6.77. The van der Waals surface area contributed by atoms with E-state index in [1.807, 2.05) is 21.6 Å². The second-order valence-corrected chi connectivity index (χ2v) is 4.81. The van der Waals surface area contributed by atoms with E-state index < -0.39 is 0 Å². The molecule has 0 rings (SSSR count). The van der Waals surface area contributed by atoms with Gasteiger partial charge in [-0.2, -0.15) is 0 Å². The molecule has 11 heavy (non-hydrogen) atoms. The van der Waals surface area contributed by atoms with E-state index in [1.165, 1.54) is 11.5 Å². The molecule has 0 aliphatic rings. The molecule has 0 aliphatic heterocycles. The first kappa shape index (κ1) is 14.2. The molecule has 0 bridgehead atoms. The molecule has 70 valence electrons. The third-order valence-electron chi connectivity index (χ3n) is 0.819. The summed E-state index contributed by atoms with van der Waals surface area (Å²) in [6.45, 7) is 10.7. The van der Waals surface area contributed by atoms with Gasteiger partial charge in [0.1, 0.15) is 0 Å². The molecule has 0 unspecified atom stereocenters. The van der Waals surface area contributed by atoms with E-state index in [0.717, 1.165) is 13.1 Å². The normalized spacial score (nSPS) is 8.73. The molecule has 0 aromatic carbocycles. The van der Waals surface area contributed by atoms with Crippen LogP contribution in [0.1, 0.15) is 27.7 Å². The van der Waals surface area contributed by atoms with Crippen molar-refractivity contribution in [2.45, 2.75) is 27.7 Å². The van der Waals surface area contributed by atoms with E-state index in [9.17, 15) is 0 Å². The highest BCUT2D eigenvalue weighted by atomic mass is 33.1. The number of rotatable bonds is 5. The van der Waals surface area contributed by atoms with Crippen LogP contribution in [0.3, 0.4) is 0 Å². The molecule has 0 fully saturated rings. The quantitative estimate of drug-likeness (QED) is 0.535. The molecule has 0 amide bonds. The number of nitrogens with one attached hydrogen (secondary N) is 1. The summed E-state index contributed by atoms with van der Waals surface area (Å²) < 4.78 is 0. The first-order chi connectivity index (χ1) is 5.33. The van der Waals surface area contributed by atoms with Gasteiger partial charge in [0.2, 0.25) is 0 Å². The lowest BCUT2D eigenvalue weighted by Gasteiger charge is -1.86. The third kappa shape index (κ3) is 25.0. The van der Waals surface area contributed by atoms with Crippen LogP contribution in [0.2, 0.25) is 0 Å². The fraction of sp³-hybridized carbons (Fsp3) is 1.00. The Balaban J connectivity index is 0. The topological polar surface area (TPSA) is 12.0 Å². The maximum absolute atomic E-state index is 3.11. The van der Waals surface area contributed by atoms with Crippen LogP contribution in [0.4, 0.5) is 0 Å². The van der Waals surface area contributed by atoms with Crippen molar-refractivity contribution >= 4 is 21.6 Å². The fourth-order valence-electron chi connectivity index (χ4n) is 0.417. The summed E-state index contributed by atoms with van der Waals surface area (Å²) in [5.41, 5.74) is 0. The Morgan fingerprint density at radius 3 is 1.27 bits per heavy atom. The molecule has 0 aromatic heterocycles. The average Bonchev–Trinajstić information content (AvgIpc) is 2.04. The van der Waals surface area contributed by atoms with Crippen molar-refractivity contribution < 1.29 is 0 Å². The molecule has 0 heterocycles. The fourth-order valence-corrected chi connectivity index (χ4v) is 1.75. The summed E-state index contributed by atoms with van der Waals surface area (Å²) in [7, 11) is 3.85. The van der Waals surface area contributed by atoms with E-state index in [-0.39, 0.29) is 0 Å². The highest BCUT2D eigenvalue weighted by Gasteiger charge is 1.75. The summed E-state index contributed by atoms with van der Waals surface area (Å²) in [5, 5.41) is 3.11. The molecule has 0 radical (unpaired) electrons. The summed E-state index contributed by atoms with van der Waals surface area (Å²) in [5.74, 6) is 2.47. The second kappa shape index (κ2) is 17.0. The molecular weight excluding hydrogens is 174 g/mol. The minimum atomic E-state index is 1.09. The van der Waals surface area contributed by atoms with Crippen molar-refractivity contribution in [1.29, 1.82) is 0 Å². The van der Waals surface area contributed by atoms with Crippen LogP contribution in [-0.4, -0.2) is 24.6 Å². The number of hydrogen-bond acceptors (Lipinski definition) is 3. The van der Waals surface area contributed by atoms with Crippen LogP contribution in [0.25, 0.3) is 0 Å². The van der Waals surface area contributed by atoms with Gasteiger partial charge in [0.05, 0.1) is 0 Å². The van der Waals surface area contributed by atoms with Gasteiger partial charge in [-0.3, -0.25) is 0 Å². The van der Waals surface area contributed by atoms with Crippen LogP contribution >= 0.6 is 21.6 Å². The Bertz CT molecular complexity index is 45.4. The van der Waals surface area contributed by atoms with Crippen molar-refractivity contribution in [2.75, 3.05) is 24.6 Å². The molecule has 3 heteroatoms. The SMILES string of the molecule is CCNCC.CCSSCC. The average molecular weight is 195 g/mol. The van der Waals surface area contributed by atoms with E-state index in [0.29, 0.717) is 0 Å². The molecule has 1 N–H and O–H groups in total. The Labute approximate surface area is 79.5 Å². The lowest BCUT2D eigenvalue weighted by atomic mass is 10.7. The summed E-state index contributed by atoms with van der Waals surface area (Å²) in [6.07, 6.45) is 0. The van der Waals surface area contributed by atoms with Crippen LogP contribution < -0.4 is 5.32 Å². The van der Waals surface area contributed by atoms with Crippen molar-refractivity contribution in [1.82, 2.24) is 5.32 Å². The molecule has 0 saturated heterocycles. The third-order valence-corrected chi connectivity index (χ3v) is 3.37. The van der Waals surface area contributed by atoms with Gasteiger partial charge >= 0.3 is 0 Å². The summed E-state index contributed by atoms with van der Waals surface area (Å²) in [4.78, 5) is 0. The molecule has 0 saturated carbocycles.